The van der Waals surface area contributed by atoms with Crippen molar-refractivity contribution in [2.75, 3.05) is 0 Å². The number of thiophene rings is 1. The topological polar surface area (TPSA) is 38.7 Å². The van der Waals surface area contributed by atoms with Crippen LogP contribution in [-0.2, 0) is 12.8 Å². The largest absolute Gasteiger partial charge is 0.265 e. The van der Waals surface area contributed by atoms with Crippen LogP contribution in [0.2, 0.25) is 5.15 Å². The van der Waals surface area contributed by atoms with Crippen LogP contribution in [-0.4, -0.2) is 15.0 Å². The first-order chi connectivity index (χ1) is 10.8. The third kappa shape index (κ3) is 2.73. The second-order valence-corrected chi connectivity index (χ2v) is 6.41. The highest BCUT2D eigenvalue weighted by molar-refractivity contribution is 7.19. The van der Waals surface area contributed by atoms with Gasteiger partial charge in [0.05, 0.1) is 5.39 Å². The van der Waals surface area contributed by atoms with Crippen molar-refractivity contribution in [2.24, 2.45) is 0 Å². The van der Waals surface area contributed by atoms with Gasteiger partial charge in [-0.1, -0.05) is 25.4 Å². The molecule has 1 aliphatic rings. The maximum absolute atomic E-state index is 6.43. The van der Waals surface area contributed by atoms with E-state index in [2.05, 4.69) is 9.97 Å². The molecule has 0 bridgehead atoms. The Hall–Kier alpha value is -1.52. The van der Waals surface area contributed by atoms with Crippen LogP contribution in [0, 0.1) is 0 Å². The van der Waals surface area contributed by atoms with E-state index in [1.54, 1.807) is 23.7 Å². The molecule has 0 amide bonds. The van der Waals surface area contributed by atoms with Crippen LogP contribution in [0.5, 0.6) is 0 Å². The van der Waals surface area contributed by atoms with Gasteiger partial charge in [-0.2, -0.15) is 0 Å². The molecule has 3 aromatic heterocycles. The average molecular weight is 332 g/mol. The van der Waals surface area contributed by atoms with E-state index in [1.165, 1.54) is 23.3 Å². The molecule has 0 aliphatic heterocycles. The van der Waals surface area contributed by atoms with E-state index < -0.39 is 0 Å². The lowest BCUT2D eigenvalue weighted by atomic mass is 9.97. The van der Waals surface area contributed by atoms with E-state index in [1.807, 2.05) is 26.0 Å². The molecule has 114 valence electrons. The first kappa shape index (κ1) is 15.4. The van der Waals surface area contributed by atoms with Crippen molar-refractivity contribution < 1.29 is 0 Å². The SMILES string of the molecule is CC.Clc1nc(-c2ccncc2)nc2sc3c(c12)CCCC3. The molecule has 0 saturated carbocycles. The lowest BCUT2D eigenvalue weighted by Crippen LogP contribution is -1.98. The summed E-state index contributed by atoms with van der Waals surface area (Å²) in [5.74, 6) is 0.684. The van der Waals surface area contributed by atoms with Crippen molar-refractivity contribution in [1.29, 1.82) is 0 Å². The molecule has 0 radical (unpaired) electrons. The van der Waals surface area contributed by atoms with Crippen molar-refractivity contribution in [3.05, 3.63) is 40.1 Å². The van der Waals surface area contributed by atoms with Gasteiger partial charge in [-0.25, -0.2) is 9.97 Å². The monoisotopic (exact) mass is 331 g/mol. The van der Waals surface area contributed by atoms with E-state index in [9.17, 15) is 0 Å². The summed E-state index contributed by atoms with van der Waals surface area (Å²) in [4.78, 5) is 15.7. The number of hydrogen-bond acceptors (Lipinski definition) is 4. The van der Waals surface area contributed by atoms with Crippen LogP contribution >= 0.6 is 22.9 Å². The number of aromatic nitrogens is 3. The van der Waals surface area contributed by atoms with E-state index in [-0.39, 0.29) is 0 Å². The number of rotatable bonds is 1. The molecular formula is C17H18ClN3S. The minimum atomic E-state index is 0.584. The Bertz CT molecular complexity index is 783. The normalized spacial score (nSPS) is 13.4. The number of fused-ring (bicyclic) bond motifs is 3. The third-order valence-electron chi connectivity index (χ3n) is 3.71. The minimum absolute atomic E-state index is 0.584. The van der Waals surface area contributed by atoms with Crippen LogP contribution in [0.3, 0.4) is 0 Å². The zero-order valence-corrected chi connectivity index (χ0v) is 14.3. The fourth-order valence-corrected chi connectivity index (χ4v) is 4.34. The van der Waals surface area contributed by atoms with Gasteiger partial charge in [-0.3, -0.25) is 4.98 Å². The molecule has 4 rings (SSSR count). The van der Waals surface area contributed by atoms with Crippen molar-refractivity contribution in [1.82, 2.24) is 15.0 Å². The maximum Gasteiger partial charge on any atom is 0.162 e. The zero-order valence-electron chi connectivity index (χ0n) is 12.8. The Labute approximate surface area is 139 Å². The summed E-state index contributed by atoms with van der Waals surface area (Å²) < 4.78 is 0. The molecule has 0 N–H and O–H groups in total. The number of aryl methyl sites for hydroxylation is 2. The lowest BCUT2D eigenvalue weighted by molar-refractivity contribution is 0.700. The highest BCUT2D eigenvalue weighted by atomic mass is 35.5. The molecule has 5 heteroatoms. The maximum atomic E-state index is 6.43. The summed E-state index contributed by atoms with van der Waals surface area (Å²) in [6.45, 7) is 4.00. The van der Waals surface area contributed by atoms with E-state index >= 15 is 0 Å². The van der Waals surface area contributed by atoms with E-state index in [0.717, 1.165) is 28.6 Å². The fourth-order valence-electron chi connectivity index (χ4n) is 2.74. The molecule has 3 heterocycles. The molecule has 1 aliphatic carbocycles. The summed E-state index contributed by atoms with van der Waals surface area (Å²) in [6, 6.07) is 3.82. The van der Waals surface area contributed by atoms with Gasteiger partial charge in [0.25, 0.3) is 0 Å². The summed E-state index contributed by atoms with van der Waals surface area (Å²) in [5.41, 5.74) is 2.33. The first-order valence-electron chi connectivity index (χ1n) is 7.71. The number of nitrogens with zero attached hydrogens (tertiary/aromatic N) is 3. The van der Waals surface area contributed by atoms with Gasteiger partial charge in [0, 0.05) is 22.8 Å². The van der Waals surface area contributed by atoms with Gasteiger partial charge in [-0.05, 0) is 43.4 Å². The Kier molecular flexibility index (Phi) is 4.69. The molecule has 0 atom stereocenters. The summed E-state index contributed by atoms with van der Waals surface area (Å²) in [5, 5.41) is 1.66. The second-order valence-electron chi connectivity index (χ2n) is 4.96. The molecule has 0 aromatic carbocycles. The quantitative estimate of drug-likeness (QED) is 0.567. The van der Waals surface area contributed by atoms with Gasteiger partial charge in [0.1, 0.15) is 9.98 Å². The molecule has 22 heavy (non-hydrogen) atoms. The smallest absolute Gasteiger partial charge is 0.162 e. The first-order valence-corrected chi connectivity index (χ1v) is 8.90. The molecule has 0 spiro atoms. The van der Waals surface area contributed by atoms with Crippen LogP contribution < -0.4 is 0 Å². The number of halogens is 1. The van der Waals surface area contributed by atoms with Crippen LogP contribution in [0.15, 0.2) is 24.5 Å². The molecule has 3 nitrogen and oxygen atoms in total. The molecule has 0 unspecified atom stereocenters. The summed E-state index contributed by atoms with van der Waals surface area (Å²) in [7, 11) is 0. The van der Waals surface area contributed by atoms with Gasteiger partial charge in [0.2, 0.25) is 0 Å². The van der Waals surface area contributed by atoms with Crippen molar-refractivity contribution in [3.8, 4) is 11.4 Å². The lowest BCUT2D eigenvalue weighted by Gasteiger charge is -2.10. The van der Waals surface area contributed by atoms with Crippen molar-refractivity contribution >= 4 is 33.2 Å². The zero-order chi connectivity index (χ0) is 15.5. The van der Waals surface area contributed by atoms with E-state index in [0.29, 0.717) is 11.0 Å². The Morgan fingerprint density at radius 1 is 1.05 bits per heavy atom. The number of pyridine rings is 1. The highest BCUT2D eigenvalue weighted by Crippen LogP contribution is 2.39. The van der Waals surface area contributed by atoms with Crippen LogP contribution in [0.4, 0.5) is 0 Å². The average Bonchev–Trinajstić information content (AvgIpc) is 2.96. The summed E-state index contributed by atoms with van der Waals surface area (Å²) in [6.07, 6.45) is 8.25. The van der Waals surface area contributed by atoms with E-state index in [4.69, 9.17) is 16.6 Å². The van der Waals surface area contributed by atoms with Crippen molar-refractivity contribution in [3.63, 3.8) is 0 Å². The van der Waals surface area contributed by atoms with Gasteiger partial charge in [0.15, 0.2) is 5.82 Å². The standard InChI is InChI=1S/C15H12ClN3S.C2H6/c16-13-12-10-3-1-2-4-11(10)20-15(12)19-14(18-13)9-5-7-17-8-6-9;1-2/h5-8H,1-4H2;1-2H3. The number of hydrogen-bond donors (Lipinski definition) is 0. The Morgan fingerprint density at radius 3 is 2.55 bits per heavy atom. The third-order valence-corrected chi connectivity index (χ3v) is 5.17. The highest BCUT2D eigenvalue weighted by Gasteiger charge is 2.20. The summed E-state index contributed by atoms with van der Waals surface area (Å²) >= 11 is 8.20. The van der Waals surface area contributed by atoms with Crippen LogP contribution in [0.1, 0.15) is 37.1 Å². The minimum Gasteiger partial charge on any atom is -0.265 e. The Morgan fingerprint density at radius 2 is 1.77 bits per heavy atom. The Balaban J connectivity index is 0.000000693. The predicted molar refractivity (Wildman–Crippen MR) is 93.6 cm³/mol. The fraction of sp³-hybridized carbons (Fsp3) is 0.353. The van der Waals surface area contributed by atoms with Gasteiger partial charge in [-0.15, -0.1) is 11.3 Å². The molecule has 0 saturated heterocycles. The molecule has 0 fully saturated rings. The van der Waals surface area contributed by atoms with Gasteiger partial charge < -0.3 is 0 Å². The van der Waals surface area contributed by atoms with Crippen LogP contribution in [0.25, 0.3) is 21.6 Å². The van der Waals surface area contributed by atoms with Gasteiger partial charge >= 0.3 is 0 Å². The molecule has 3 aromatic rings. The second kappa shape index (κ2) is 6.71. The predicted octanol–water partition coefficient (Wildman–Crippen LogP) is 5.31. The van der Waals surface area contributed by atoms with Crippen molar-refractivity contribution in [2.45, 2.75) is 39.5 Å². The molecular weight excluding hydrogens is 314 g/mol.